The lowest BCUT2D eigenvalue weighted by atomic mass is 10.3. The Morgan fingerprint density at radius 1 is 1.13 bits per heavy atom. The molecular formula is C13H22OSi. The largest absolute Gasteiger partial charge is 0.497 e. The monoisotopic (exact) mass is 222 g/mol. The molecule has 0 saturated carbocycles. The molecule has 0 radical (unpaired) electrons. The molecule has 0 unspecified atom stereocenters. The number of methoxy groups -OCH3 is 1. The Balaban J connectivity index is 2.75. The van der Waals surface area contributed by atoms with Crippen molar-refractivity contribution in [3.8, 4) is 5.75 Å². The highest BCUT2D eigenvalue weighted by molar-refractivity contribution is 6.89. The van der Waals surface area contributed by atoms with E-state index in [1.54, 1.807) is 7.11 Å². The molecule has 1 nitrogen and oxygen atoms in total. The summed E-state index contributed by atoms with van der Waals surface area (Å²) in [4.78, 5) is 0. The van der Waals surface area contributed by atoms with Crippen LogP contribution in [0.2, 0.25) is 19.1 Å². The first kappa shape index (κ1) is 12.3. The van der Waals surface area contributed by atoms with Crippen molar-refractivity contribution in [1.29, 1.82) is 0 Å². The Hall–Kier alpha value is -0.763. The number of hydrogen-bond acceptors (Lipinski definition) is 1. The molecule has 2 heteroatoms. The summed E-state index contributed by atoms with van der Waals surface area (Å²) in [6.45, 7) is 7.16. The molecule has 0 aromatic heterocycles. The fraction of sp³-hybridized carbons (Fsp3) is 0.538. The highest BCUT2D eigenvalue weighted by Crippen LogP contribution is 2.16. The van der Waals surface area contributed by atoms with E-state index >= 15 is 0 Å². The second-order valence-corrected chi connectivity index (χ2v) is 9.56. The fourth-order valence-electron chi connectivity index (χ4n) is 1.81. The molecule has 0 bridgehead atoms. The zero-order valence-electron chi connectivity index (χ0n) is 10.3. The lowest BCUT2D eigenvalue weighted by Crippen LogP contribution is -2.40. The molecule has 84 valence electrons. The van der Waals surface area contributed by atoms with Crippen molar-refractivity contribution < 1.29 is 4.74 Å². The van der Waals surface area contributed by atoms with Crippen LogP contribution in [0, 0.1) is 0 Å². The van der Waals surface area contributed by atoms with Gasteiger partial charge in [0.2, 0.25) is 0 Å². The minimum Gasteiger partial charge on any atom is -0.497 e. The van der Waals surface area contributed by atoms with E-state index in [-0.39, 0.29) is 0 Å². The highest BCUT2D eigenvalue weighted by Gasteiger charge is 2.22. The molecule has 0 heterocycles. The van der Waals surface area contributed by atoms with Crippen molar-refractivity contribution in [1.82, 2.24) is 0 Å². The molecule has 0 saturated heterocycles. The van der Waals surface area contributed by atoms with Gasteiger partial charge in [0, 0.05) is 0 Å². The Morgan fingerprint density at radius 3 is 2.20 bits per heavy atom. The van der Waals surface area contributed by atoms with Crippen LogP contribution in [0.4, 0.5) is 0 Å². The molecule has 1 aromatic rings. The lowest BCUT2D eigenvalue weighted by molar-refractivity contribution is 0.415. The van der Waals surface area contributed by atoms with Crippen molar-refractivity contribution >= 4 is 13.3 Å². The van der Waals surface area contributed by atoms with Crippen LogP contribution in [0.5, 0.6) is 5.75 Å². The fourth-order valence-corrected chi connectivity index (χ4v) is 4.40. The van der Waals surface area contributed by atoms with Gasteiger partial charge in [-0.25, -0.2) is 0 Å². The summed E-state index contributed by atoms with van der Waals surface area (Å²) in [5.41, 5.74) is 0. The number of ether oxygens (including phenoxy) is 1. The average molecular weight is 222 g/mol. The van der Waals surface area contributed by atoms with Gasteiger partial charge >= 0.3 is 0 Å². The van der Waals surface area contributed by atoms with Gasteiger partial charge < -0.3 is 4.74 Å². The van der Waals surface area contributed by atoms with Crippen LogP contribution >= 0.6 is 0 Å². The van der Waals surface area contributed by atoms with Crippen LogP contribution in [0.1, 0.15) is 19.8 Å². The van der Waals surface area contributed by atoms with Gasteiger partial charge in [0.05, 0.1) is 15.2 Å². The normalized spacial score (nSPS) is 11.5. The molecule has 0 spiro atoms. The van der Waals surface area contributed by atoms with Crippen molar-refractivity contribution in [2.45, 2.75) is 38.9 Å². The average Bonchev–Trinajstić information content (AvgIpc) is 2.26. The molecule has 0 atom stereocenters. The second-order valence-electron chi connectivity index (χ2n) is 4.72. The summed E-state index contributed by atoms with van der Waals surface area (Å²) >= 11 is 0. The number of benzene rings is 1. The van der Waals surface area contributed by atoms with Crippen molar-refractivity contribution in [3.63, 3.8) is 0 Å². The molecule has 0 aliphatic heterocycles. The molecule has 0 amide bonds. The SMILES string of the molecule is CCCC[Si](C)(C)c1ccc(OC)cc1. The lowest BCUT2D eigenvalue weighted by Gasteiger charge is -2.22. The van der Waals surface area contributed by atoms with Crippen LogP contribution < -0.4 is 9.92 Å². The van der Waals surface area contributed by atoms with E-state index < -0.39 is 8.07 Å². The van der Waals surface area contributed by atoms with E-state index in [2.05, 4.69) is 44.3 Å². The molecule has 15 heavy (non-hydrogen) atoms. The molecule has 0 fully saturated rings. The third kappa shape index (κ3) is 3.38. The highest BCUT2D eigenvalue weighted by atomic mass is 28.3. The Morgan fingerprint density at radius 2 is 1.73 bits per heavy atom. The van der Waals surface area contributed by atoms with Gasteiger partial charge in [-0.05, 0) is 12.1 Å². The van der Waals surface area contributed by atoms with Crippen molar-refractivity contribution in [3.05, 3.63) is 24.3 Å². The maximum atomic E-state index is 5.18. The smallest absolute Gasteiger partial charge is 0.118 e. The van der Waals surface area contributed by atoms with Crippen molar-refractivity contribution in [2.75, 3.05) is 7.11 Å². The Bertz CT molecular complexity index is 290. The summed E-state index contributed by atoms with van der Waals surface area (Å²) in [7, 11) is 0.525. The van der Waals surface area contributed by atoms with Crippen molar-refractivity contribution in [2.24, 2.45) is 0 Å². The first-order chi connectivity index (χ1) is 7.10. The van der Waals surface area contributed by atoms with E-state index in [0.29, 0.717) is 0 Å². The summed E-state index contributed by atoms with van der Waals surface area (Å²) in [5.74, 6) is 0.957. The molecule has 1 aromatic carbocycles. The summed E-state index contributed by atoms with van der Waals surface area (Å²) in [6.07, 6.45) is 2.65. The number of unbranched alkanes of at least 4 members (excludes halogenated alkanes) is 1. The molecule has 1 rings (SSSR count). The minimum atomic E-state index is -1.19. The zero-order valence-corrected chi connectivity index (χ0v) is 11.3. The van der Waals surface area contributed by atoms with Gasteiger partial charge in [-0.1, -0.05) is 56.2 Å². The summed E-state index contributed by atoms with van der Waals surface area (Å²) in [6, 6.07) is 10.0. The van der Waals surface area contributed by atoms with Gasteiger partial charge in [-0.15, -0.1) is 0 Å². The predicted octanol–water partition coefficient (Wildman–Crippen LogP) is 3.41. The summed E-state index contributed by atoms with van der Waals surface area (Å²) < 4.78 is 5.18. The molecule has 0 N–H and O–H groups in total. The van der Waals surface area contributed by atoms with Crippen LogP contribution in [-0.2, 0) is 0 Å². The van der Waals surface area contributed by atoms with E-state index in [1.807, 2.05) is 0 Å². The minimum absolute atomic E-state index is 0.957. The Labute approximate surface area is 94.5 Å². The maximum absolute atomic E-state index is 5.18. The zero-order chi connectivity index (χ0) is 11.3. The topological polar surface area (TPSA) is 9.23 Å². The van der Waals surface area contributed by atoms with Gasteiger partial charge in [0.1, 0.15) is 5.75 Å². The molecular weight excluding hydrogens is 200 g/mol. The van der Waals surface area contributed by atoms with Gasteiger partial charge in [-0.3, -0.25) is 0 Å². The van der Waals surface area contributed by atoms with Crippen LogP contribution in [0.3, 0.4) is 0 Å². The first-order valence-electron chi connectivity index (χ1n) is 5.74. The number of rotatable bonds is 5. The van der Waals surface area contributed by atoms with Gasteiger partial charge in [0.25, 0.3) is 0 Å². The quantitative estimate of drug-likeness (QED) is 0.694. The van der Waals surface area contributed by atoms with E-state index in [9.17, 15) is 0 Å². The molecule has 0 aliphatic carbocycles. The van der Waals surface area contributed by atoms with Crippen LogP contribution in [0.25, 0.3) is 0 Å². The van der Waals surface area contributed by atoms with E-state index in [0.717, 1.165) is 5.75 Å². The third-order valence-electron chi connectivity index (χ3n) is 3.03. The van der Waals surface area contributed by atoms with E-state index in [1.165, 1.54) is 24.1 Å². The van der Waals surface area contributed by atoms with Gasteiger partial charge in [-0.2, -0.15) is 0 Å². The third-order valence-corrected chi connectivity index (χ3v) is 6.53. The first-order valence-corrected chi connectivity index (χ1v) is 8.95. The number of hydrogen-bond donors (Lipinski definition) is 0. The van der Waals surface area contributed by atoms with Crippen LogP contribution in [-0.4, -0.2) is 15.2 Å². The van der Waals surface area contributed by atoms with Gasteiger partial charge in [0.15, 0.2) is 0 Å². The van der Waals surface area contributed by atoms with E-state index in [4.69, 9.17) is 4.74 Å². The molecule has 0 aliphatic rings. The van der Waals surface area contributed by atoms with Crippen LogP contribution in [0.15, 0.2) is 24.3 Å². The summed E-state index contributed by atoms with van der Waals surface area (Å²) in [5, 5.41) is 1.54. The maximum Gasteiger partial charge on any atom is 0.118 e. The standard InChI is InChI=1S/C13H22OSi/c1-5-6-11-15(3,4)13-9-7-12(14-2)8-10-13/h7-10H,5-6,11H2,1-4H3. The Kier molecular flexibility index (Phi) is 4.39. The predicted molar refractivity (Wildman–Crippen MR) is 69.8 cm³/mol. The second kappa shape index (κ2) is 5.36.